The summed E-state index contributed by atoms with van der Waals surface area (Å²) in [6, 6.07) is 0. The van der Waals surface area contributed by atoms with Crippen LogP contribution in [0.3, 0.4) is 0 Å². The van der Waals surface area contributed by atoms with Gasteiger partial charge in [0.1, 0.15) is 5.82 Å². The lowest BCUT2D eigenvalue weighted by Crippen LogP contribution is -2.10. The van der Waals surface area contributed by atoms with E-state index in [0.29, 0.717) is 24.5 Å². The van der Waals surface area contributed by atoms with E-state index in [4.69, 9.17) is 0 Å². The first-order valence-electron chi connectivity index (χ1n) is 6.28. The normalized spacial score (nSPS) is 10.7. The van der Waals surface area contributed by atoms with Crippen molar-refractivity contribution in [2.75, 3.05) is 11.9 Å². The molecule has 6 heteroatoms. The van der Waals surface area contributed by atoms with Crippen LogP contribution in [0.4, 0.5) is 10.2 Å². The Morgan fingerprint density at radius 1 is 1.26 bits per heavy atom. The maximum Gasteiger partial charge on any atom is 0.186 e. The van der Waals surface area contributed by atoms with Crippen molar-refractivity contribution in [1.82, 2.24) is 15.0 Å². The Morgan fingerprint density at radius 2 is 2.05 bits per heavy atom. The highest BCUT2D eigenvalue weighted by Gasteiger charge is 2.12. The summed E-state index contributed by atoms with van der Waals surface area (Å²) in [6.45, 7) is 6.34. The molecule has 0 atom stereocenters. The molecule has 2 heterocycles. The van der Waals surface area contributed by atoms with E-state index in [1.165, 1.54) is 0 Å². The Labute approximate surface area is 116 Å². The minimum absolute atomic E-state index is 0.288. The number of halogens is 1. The van der Waals surface area contributed by atoms with Gasteiger partial charge in [-0.15, -0.1) is 11.3 Å². The van der Waals surface area contributed by atoms with Crippen molar-refractivity contribution in [3.8, 4) is 0 Å². The molecular formula is C13H17FN4S. The molecule has 0 saturated heterocycles. The van der Waals surface area contributed by atoms with Gasteiger partial charge in [-0.3, -0.25) is 0 Å². The highest BCUT2D eigenvalue weighted by atomic mass is 32.1. The minimum atomic E-state index is -0.369. The van der Waals surface area contributed by atoms with Crippen molar-refractivity contribution in [2.24, 2.45) is 0 Å². The van der Waals surface area contributed by atoms with Gasteiger partial charge in [0.2, 0.25) is 0 Å². The monoisotopic (exact) mass is 280 g/mol. The quantitative estimate of drug-likeness (QED) is 0.914. The summed E-state index contributed by atoms with van der Waals surface area (Å²) in [5.74, 6) is 0.519. The van der Waals surface area contributed by atoms with Crippen LogP contribution in [0.2, 0.25) is 0 Å². The number of anilines is 1. The summed E-state index contributed by atoms with van der Waals surface area (Å²) in [5, 5.41) is 5.99. The molecule has 0 spiro atoms. The summed E-state index contributed by atoms with van der Waals surface area (Å²) < 4.78 is 13.8. The molecule has 4 nitrogen and oxygen atoms in total. The third kappa shape index (κ3) is 3.47. The highest BCUT2D eigenvalue weighted by Crippen LogP contribution is 2.17. The second kappa shape index (κ2) is 6.06. The molecule has 0 bridgehead atoms. The van der Waals surface area contributed by atoms with Crippen molar-refractivity contribution >= 4 is 17.2 Å². The molecule has 0 aliphatic heterocycles. The second-order valence-corrected chi connectivity index (χ2v) is 5.41. The first-order chi connectivity index (χ1) is 9.10. The predicted molar refractivity (Wildman–Crippen MR) is 75.2 cm³/mol. The van der Waals surface area contributed by atoms with Crippen molar-refractivity contribution in [1.29, 1.82) is 0 Å². The summed E-state index contributed by atoms with van der Waals surface area (Å²) in [4.78, 5) is 12.8. The average Bonchev–Trinajstić information content (AvgIpc) is 2.77. The predicted octanol–water partition coefficient (Wildman–Crippen LogP) is 3.10. The fraction of sp³-hybridized carbons (Fsp3) is 0.462. The third-order valence-corrected chi connectivity index (χ3v) is 3.43. The number of hydrogen-bond donors (Lipinski definition) is 1. The molecular weight excluding hydrogens is 263 g/mol. The Balaban J connectivity index is 2.23. The van der Waals surface area contributed by atoms with Crippen LogP contribution >= 0.6 is 11.3 Å². The molecule has 1 N–H and O–H groups in total. The molecule has 2 aromatic heterocycles. The number of rotatable bonds is 5. The minimum Gasteiger partial charge on any atom is -0.368 e. The van der Waals surface area contributed by atoms with Gasteiger partial charge in [0.05, 0.1) is 22.8 Å². The lowest BCUT2D eigenvalue weighted by Gasteiger charge is -2.08. The third-order valence-electron chi connectivity index (χ3n) is 2.61. The van der Waals surface area contributed by atoms with E-state index in [1.807, 2.05) is 19.2 Å². The van der Waals surface area contributed by atoms with Crippen molar-refractivity contribution < 1.29 is 4.39 Å². The highest BCUT2D eigenvalue weighted by molar-refractivity contribution is 7.09. The van der Waals surface area contributed by atoms with Crippen LogP contribution in [-0.2, 0) is 6.42 Å². The topological polar surface area (TPSA) is 50.7 Å². The van der Waals surface area contributed by atoms with Gasteiger partial charge < -0.3 is 5.32 Å². The van der Waals surface area contributed by atoms with Crippen LogP contribution in [0.25, 0.3) is 0 Å². The van der Waals surface area contributed by atoms with Gasteiger partial charge in [-0.1, -0.05) is 6.92 Å². The molecule has 0 amide bonds. The fourth-order valence-electron chi connectivity index (χ4n) is 1.71. The molecule has 0 aliphatic rings. The molecule has 19 heavy (non-hydrogen) atoms. The van der Waals surface area contributed by atoms with Crippen LogP contribution in [0, 0.1) is 19.7 Å². The molecule has 0 radical (unpaired) electrons. The molecule has 102 valence electrons. The number of nitrogens with one attached hydrogen (secondary N) is 1. The van der Waals surface area contributed by atoms with Gasteiger partial charge in [-0.2, -0.15) is 0 Å². The summed E-state index contributed by atoms with van der Waals surface area (Å²) >= 11 is 1.59. The Bertz CT molecular complexity index is 568. The first kappa shape index (κ1) is 13.9. The smallest absolute Gasteiger partial charge is 0.186 e. The molecule has 2 aromatic rings. The second-order valence-electron chi connectivity index (χ2n) is 4.35. The molecule has 0 saturated carbocycles. The van der Waals surface area contributed by atoms with Crippen LogP contribution in [0.15, 0.2) is 5.38 Å². The van der Waals surface area contributed by atoms with Crippen LogP contribution in [0.1, 0.15) is 35.6 Å². The van der Waals surface area contributed by atoms with Gasteiger partial charge in [-0.05, 0) is 20.3 Å². The summed E-state index contributed by atoms with van der Waals surface area (Å²) in [5.41, 5.74) is 1.30. The van der Waals surface area contributed by atoms with E-state index in [0.717, 1.165) is 17.1 Å². The van der Waals surface area contributed by atoms with Crippen LogP contribution in [0.5, 0.6) is 0 Å². The molecule has 0 unspecified atom stereocenters. The number of nitrogens with zero attached hydrogens (tertiary/aromatic N) is 3. The maximum atomic E-state index is 13.8. The van der Waals surface area contributed by atoms with Crippen LogP contribution in [-0.4, -0.2) is 21.5 Å². The number of hydrogen-bond acceptors (Lipinski definition) is 5. The zero-order chi connectivity index (χ0) is 13.8. The molecule has 0 fully saturated rings. The van der Waals surface area contributed by atoms with Gasteiger partial charge in [0.15, 0.2) is 11.6 Å². The maximum absolute atomic E-state index is 13.8. The zero-order valence-electron chi connectivity index (χ0n) is 11.3. The number of aromatic nitrogens is 3. The lowest BCUT2D eigenvalue weighted by molar-refractivity contribution is 0.600. The van der Waals surface area contributed by atoms with Crippen molar-refractivity contribution in [3.63, 3.8) is 0 Å². The van der Waals surface area contributed by atoms with E-state index in [-0.39, 0.29) is 11.6 Å². The first-order valence-corrected chi connectivity index (χ1v) is 7.16. The standard InChI is InChI=1S/C13H17FN4S/c1-4-5-15-13-12(14)8(2)16-11(18-13)6-10-7-19-9(3)17-10/h7H,4-6H2,1-3H3,(H,15,16,18). The molecule has 2 rings (SSSR count). The number of aryl methyl sites for hydroxylation is 2. The number of thiazole rings is 1. The lowest BCUT2D eigenvalue weighted by atomic mass is 10.3. The Kier molecular flexibility index (Phi) is 4.42. The molecule has 0 aromatic carbocycles. The zero-order valence-corrected chi connectivity index (χ0v) is 12.1. The van der Waals surface area contributed by atoms with E-state index < -0.39 is 0 Å². The van der Waals surface area contributed by atoms with E-state index in [9.17, 15) is 4.39 Å². The Hall–Kier alpha value is -1.56. The van der Waals surface area contributed by atoms with Crippen LogP contribution < -0.4 is 5.32 Å². The molecule has 0 aliphatic carbocycles. The van der Waals surface area contributed by atoms with Crippen molar-refractivity contribution in [2.45, 2.75) is 33.6 Å². The van der Waals surface area contributed by atoms with Gasteiger partial charge in [0, 0.05) is 11.9 Å². The Morgan fingerprint density at radius 3 is 2.68 bits per heavy atom. The van der Waals surface area contributed by atoms with Crippen molar-refractivity contribution in [3.05, 3.63) is 33.4 Å². The summed E-state index contributed by atoms with van der Waals surface area (Å²) in [7, 11) is 0. The van der Waals surface area contributed by atoms with E-state index in [2.05, 4.69) is 20.3 Å². The SMILES string of the molecule is CCCNc1nc(Cc2csc(C)n2)nc(C)c1F. The summed E-state index contributed by atoms with van der Waals surface area (Å²) in [6.07, 6.45) is 1.45. The van der Waals surface area contributed by atoms with E-state index in [1.54, 1.807) is 18.3 Å². The van der Waals surface area contributed by atoms with E-state index >= 15 is 0 Å². The fourth-order valence-corrected chi connectivity index (χ4v) is 2.32. The van der Waals surface area contributed by atoms with Gasteiger partial charge >= 0.3 is 0 Å². The van der Waals surface area contributed by atoms with Gasteiger partial charge in [0.25, 0.3) is 0 Å². The van der Waals surface area contributed by atoms with Gasteiger partial charge in [-0.25, -0.2) is 19.3 Å². The average molecular weight is 280 g/mol. The largest absolute Gasteiger partial charge is 0.368 e.